The number of benzene rings is 2. The molecule has 0 amide bonds. The minimum atomic E-state index is -0.403. The molecule has 4 heteroatoms. The van der Waals surface area contributed by atoms with Gasteiger partial charge in [-0.25, -0.2) is 0 Å². The number of hydrogen-bond donors (Lipinski definition) is 2. The van der Waals surface area contributed by atoms with Crippen molar-refractivity contribution in [2.45, 2.75) is 18.7 Å². The van der Waals surface area contributed by atoms with Gasteiger partial charge in [-0.3, -0.25) is 4.90 Å². The highest BCUT2D eigenvalue weighted by atomic mass is 16.5. The molecule has 1 aliphatic heterocycles. The molecule has 1 fully saturated rings. The molecule has 0 unspecified atom stereocenters. The SMILES string of the molecule is COc1ccc2cc(CN3C[C@@H](N)[C@H](O)C3)ccc2c1. The van der Waals surface area contributed by atoms with Crippen molar-refractivity contribution in [3.05, 3.63) is 42.0 Å². The monoisotopic (exact) mass is 272 g/mol. The molecule has 2 aromatic rings. The molecule has 0 aliphatic carbocycles. The standard InChI is InChI=1S/C16H20N2O2/c1-20-14-5-4-12-6-11(2-3-13(12)7-14)8-18-9-15(17)16(19)10-18/h2-7,15-16,19H,8-10,17H2,1H3/t15-,16-/m1/s1. The number of likely N-dealkylation sites (tertiary alicyclic amines) is 1. The molecule has 0 spiro atoms. The van der Waals surface area contributed by atoms with E-state index in [4.69, 9.17) is 10.5 Å². The van der Waals surface area contributed by atoms with Crippen molar-refractivity contribution in [2.24, 2.45) is 5.73 Å². The van der Waals surface area contributed by atoms with Crippen LogP contribution in [0.3, 0.4) is 0 Å². The van der Waals surface area contributed by atoms with Gasteiger partial charge < -0.3 is 15.6 Å². The first kappa shape index (κ1) is 13.4. The van der Waals surface area contributed by atoms with Gasteiger partial charge in [-0.05, 0) is 34.5 Å². The first-order valence-electron chi connectivity index (χ1n) is 6.88. The first-order chi connectivity index (χ1) is 9.65. The highest BCUT2D eigenvalue weighted by Crippen LogP contribution is 2.23. The van der Waals surface area contributed by atoms with E-state index in [0.29, 0.717) is 6.54 Å². The fraction of sp³-hybridized carbons (Fsp3) is 0.375. The number of hydrogen-bond acceptors (Lipinski definition) is 4. The minimum Gasteiger partial charge on any atom is -0.497 e. The van der Waals surface area contributed by atoms with Gasteiger partial charge >= 0.3 is 0 Å². The van der Waals surface area contributed by atoms with Crippen LogP contribution in [-0.2, 0) is 6.54 Å². The van der Waals surface area contributed by atoms with Crippen LogP contribution in [0.4, 0.5) is 0 Å². The second kappa shape index (κ2) is 5.40. The molecule has 3 N–H and O–H groups in total. The van der Waals surface area contributed by atoms with Gasteiger partial charge in [0, 0.05) is 25.7 Å². The Morgan fingerprint density at radius 3 is 2.65 bits per heavy atom. The Kier molecular flexibility index (Phi) is 3.61. The number of rotatable bonds is 3. The lowest BCUT2D eigenvalue weighted by atomic mass is 10.1. The molecular weight excluding hydrogens is 252 g/mol. The third-order valence-electron chi connectivity index (χ3n) is 3.93. The van der Waals surface area contributed by atoms with Crippen molar-refractivity contribution < 1.29 is 9.84 Å². The maximum absolute atomic E-state index is 9.70. The molecule has 0 bridgehead atoms. The number of nitrogens with two attached hydrogens (primary N) is 1. The Morgan fingerprint density at radius 2 is 1.95 bits per heavy atom. The molecule has 20 heavy (non-hydrogen) atoms. The van der Waals surface area contributed by atoms with Crippen LogP contribution in [0.15, 0.2) is 36.4 Å². The van der Waals surface area contributed by atoms with E-state index >= 15 is 0 Å². The number of aliphatic hydroxyl groups is 1. The van der Waals surface area contributed by atoms with Gasteiger partial charge in [0.1, 0.15) is 5.75 Å². The Hall–Kier alpha value is -1.62. The predicted molar refractivity (Wildman–Crippen MR) is 79.8 cm³/mol. The van der Waals surface area contributed by atoms with Gasteiger partial charge in [0.25, 0.3) is 0 Å². The molecule has 2 aromatic carbocycles. The van der Waals surface area contributed by atoms with E-state index in [1.54, 1.807) is 7.11 Å². The van der Waals surface area contributed by atoms with E-state index in [0.717, 1.165) is 18.8 Å². The first-order valence-corrected chi connectivity index (χ1v) is 6.88. The van der Waals surface area contributed by atoms with Crippen molar-refractivity contribution in [3.8, 4) is 5.75 Å². The third kappa shape index (κ3) is 2.63. The van der Waals surface area contributed by atoms with Gasteiger partial charge in [0.15, 0.2) is 0 Å². The van der Waals surface area contributed by atoms with Crippen LogP contribution in [0, 0.1) is 0 Å². The summed E-state index contributed by atoms with van der Waals surface area (Å²) in [6.07, 6.45) is -0.403. The number of methoxy groups -OCH3 is 1. The fourth-order valence-corrected chi connectivity index (χ4v) is 2.78. The predicted octanol–water partition coefficient (Wildman–Crippen LogP) is 1.35. The number of nitrogens with zero attached hydrogens (tertiary/aromatic N) is 1. The second-order valence-corrected chi connectivity index (χ2v) is 5.47. The van der Waals surface area contributed by atoms with Crippen LogP contribution in [0.25, 0.3) is 10.8 Å². The van der Waals surface area contributed by atoms with Crippen molar-refractivity contribution in [2.75, 3.05) is 20.2 Å². The maximum atomic E-state index is 9.70. The van der Waals surface area contributed by atoms with Crippen LogP contribution in [0.2, 0.25) is 0 Å². The molecule has 106 valence electrons. The average Bonchev–Trinajstić information content (AvgIpc) is 2.76. The molecule has 0 aromatic heterocycles. The van der Waals surface area contributed by atoms with Crippen molar-refractivity contribution >= 4 is 10.8 Å². The Morgan fingerprint density at radius 1 is 1.20 bits per heavy atom. The smallest absolute Gasteiger partial charge is 0.119 e. The van der Waals surface area contributed by atoms with Gasteiger partial charge in [-0.2, -0.15) is 0 Å². The largest absolute Gasteiger partial charge is 0.497 e. The molecule has 2 atom stereocenters. The van der Waals surface area contributed by atoms with Crippen LogP contribution >= 0.6 is 0 Å². The number of aliphatic hydroxyl groups excluding tert-OH is 1. The summed E-state index contributed by atoms with van der Waals surface area (Å²) in [5.74, 6) is 0.874. The van der Waals surface area contributed by atoms with Crippen molar-refractivity contribution in [3.63, 3.8) is 0 Å². The van der Waals surface area contributed by atoms with Gasteiger partial charge in [0.2, 0.25) is 0 Å². The summed E-state index contributed by atoms with van der Waals surface area (Å²) < 4.78 is 5.23. The van der Waals surface area contributed by atoms with Crippen molar-refractivity contribution in [1.29, 1.82) is 0 Å². The number of ether oxygens (including phenoxy) is 1. The maximum Gasteiger partial charge on any atom is 0.119 e. The quantitative estimate of drug-likeness (QED) is 0.885. The van der Waals surface area contributed by atoms with E-state index in [1.807, 2.05) is 12.1 Å². The summed E-state index contributed by atoms with van der Waals surface area (Å²) in [5.41, 5.74) is 7.08. The summed E-state index contributed by atoms with van der Waals surface area (Å²) in [7, 11) is 1.68. The summed E-state index contributed by atoms with van der Waals surface area (Å²) >= 11 is 0. The zero-order valence-corrected chi connectivity index (χ0v) is 11.6. The normalized spacial score (nSPS) is 23.4. The van der Waals surface area contributed by atoms with E-state index < -0.39 is 6.10 Å². The number of fused-ring (bicyclic) bond motifs is 1. The molecule has 0 radical (unpaired) electrons. The summed E-state index contributed by atoms with van der Waals surface area (Å²) in [4.78, 5) is 2.19. The van der Waals surface area contributed by atoms with E-state index in [-0.39, 0.29) is 6.04 Å². The molecular formula is C16H20N2O2. The molecule has 1 heterocycles. The molecule has 4 nitrogen and oxygen atoms in total. The molecule has 1 saturated heterocycles. The lowest BCUT2D eigenvalue weighted by Crippen LogP contribution is -2.32. The lowest BCUT2D eigenvalue weighted by molar-refractivity contribution is 0.164. The Bertz CT molecular complexity index is 604. The van der Waals surface area contributed by atoms with E-state index in [9.17, 15) is 5.11 Å². The highest BCUT2D eigenvalue weighted by Gasteiger charge is 2.27. The van der Waals surface area contributed by atoms with Crippen LogP contribution < -0.4 is 10.5 Å². The zero-order valence-electron chi connectivity index (χ0n) is 11.6. The van der Waals surface area contributed by atoms with Gasteiger partial charge in [-0.1, -0.05) is 18.2 Å². The summed E-state index contributed by atoms with van der Waals surface area (Å²) in [6, 6.07) is 12.4. The highest BCUT2D eigenvalue weighted by molar-refractivity contribution is 5.84. The third-order valence-corrected chi connectivity index (χ3v) is 3.93. The van der Waals surface area contributed by atoms with Crippen molar-refractivity contribution in [1.82, 2.24) is 4.90 Å². The molecule has 1 aliphatic rings. The van der Waals surface area contributed by atoms with Crippen LogP contribution in [0.1, 0.15) is 5.56 Å². The topological polar surface area (TPSA) is 58.7 Å². The minimum absolute atomic E-state index is 0.125. The van der Waals surface area contributed by atoms with Gasteiger partial charge in [0.05, 0.1) is 13.2 Å². The van der Waals surface area contributed by atoms with Crippen LogP contribution in [-0.4, -0.2) is 42.4 Å². The average molecular weight is 272 g/mol. The molecule has 3 rings (SSSR count). The Labute approximate surface area is 118 Å². The van der Waals surface area contributed by atoms with E-state index in [1.165, 1.54) is 16.3 Å². The second-order valence-electron chi connectivity index (χ2n) is 5.47. The molecule has 0 saturated carbocycles. The summed E-state index contributed by atoms with van der Waals surface area (Å²) in [6.45, 7) is 2.23. The number of β-amino-alcohol motifs (C(OH)–C–C–N with tert-alkyl or cyclic N) is 1. The summed E-state index contributed by atoms with van der Waals surface area (Å²) in [5, 5.41) is 12.1. The zero-order chi connectivity index (χ0) is 14.1. The van der Waals surface area contributed by atoms with E-state index in [2.05, 4.69) is 29.2 Å². The lowest BCUT2D eigenvalue weighted by Gasteiger charge is -2.15. The van der Waals surface area contributed by atoms with Gasteiger partial charge in [-0.15, -0.1) is 0 Å². The fourth-order valence-electron chi connectivity index (χ4n) is 2.78. The van der Waals surface area contributed by atoms with Crippen LogP contribution in [0.5, 0.6) is 5.75 Å². The Balaban J connectivity index is 1.79.